The average molecular weight is 444 g/mol. The minimum atomic E-state index is -0.285. The zero-order valence-corrected chi connectivity index (χ0v) is 18.7. The summed E-state index contributed by atoms with van der Waals surface area (Å²) in [5, 5.41) is 11.3. The minimum absolute atomic E-state index is 0.0425. The predicted molar refractivity (Wildman–Crippen MR) is 128 cm³/mol. The van der Waals surface area contributed by atoms with E-state index in [9.17, 15) is 9.18 Å². The summed E-state index contributed by atoms with van der Waals surface area (Å²) < 4.78 is 15.3. The molecule has 0 bridgehead atoms. The molecule has 5 rings (SSSR count). The molecule has 2 N–H and O–H groups in total. The van der Waals surface area contributed by atoms with E-state index in [0.717, 1.165) is 41.9 Å². The summed E-state index contributed by atoms with van der Waals surface area (Å²) in [4.78, 5) is 17.0. The number of carbonyl (C=O) groups is 1. The number of nitrogens with zero attached hydrogens (tertiary/aromatic N) is 3. The lowest BCUT2D eigenvalue weighted by atomic mass is 10.1. The molecule has 1 saturated carbocycles. The number of rotatable bonds is 7. The van der Waals surface area contributed by atoms with Crippen molar-refractivity contribution < 1.29 is 9.18 Å². The normalized spacial score (nSPS) is 13.5. The maximum Gasteiger partial charge on any atom is 0.251 e. The van der Waals surface area contributed by atoms with Crippen LogP contribution in [0, 0.1) is 11.7 Å². The number of nitrogens with one attached hydrogen (secondary N) is 2. The van der Waals surface area contributed by atoms with Gasteiger partial charge in [-0.25, -0.2) is 13.9 Å². The lowest BCUT2D eigenvalue weighted by Crippen LogP contribution is -2.25. The smallest absolute Gasteiger partial charge is 0.251 e. The maximum absolute atomic E-state index is 13.5. The molecular weight excluding hydrogens is 417 g/mol. The van der Waals surface area contributed by atoms with Crippen LogP contribution in [0.15, 0.2) is 60.8 Å². The fraction of sp³-hybridized carbons (Fsp3) is 0.269. The first-order chi connectivity index (χ1) is 16.0. The van der Waals surface area contributed by atoms with E-state index in [1.165, 1.54) is 12.1 Å². The van der Waals surface area contributed by atoms with Crippen LogP contribution in [0.3, 0.4) is 0 Å². The Balaban J connectivity index is 1.54. The number of aromatic nitrogens is 3. The summed E-state index contributed by atoms with van der Waals surface area (Å²) in [5.41, 5.74) is 5.47. The number of amides is 1. The Bertz CT molecular complexity index is 1290. The van der Waals surface area contributed by atoms with Gasteiger partial charge in [0.1, 0.15) is 5.82 Å². The zero-order valence-electron chi connectivity index (χ0n) is 18.7. The largest absolute Gasteiger partial charge is 0.382 e. The Morgan fingerprint density at radius 1 is 1.09 bits per heavy atom. The van der Waals surface area contributed by atoms with Gasteiger partial charge in [-0.1, -0.05) is 26.0 Å². The van der Waals surface area contributed by atoms with E-state index in [4.69, 9.17) is 5.10 Å². The molecule has 1 aliphatic carbocycles. The molecule has 0 aliphatic heterocycles. The molecule has 168 valence electrons. The maximum atomic E-state index is 13.5. The monoisotopic (exact) mass is 443 g/mol. The number of anilines is 1. The third-order valence-corrected chi connectivity index (χ3v) is 5.66. The molecule has 33 heavy (non-hydrogen) atoms. The van der Waals surface area contributed by atoms with Gasteiger partial charge in [-0.2, -0.15) is 5.10 Å². The Hall–Kier alpha value is -3.74. The molecular formula is C26H26FN5O. The molecule has 2 aromatic carbocycles. The lowest BCUT2D eigenvalue weighted by molar-refractivity contribution is 0.0951. The standard InChI is InChI=1S/C26H26FN5O/c1-16(2)14-28-23-13-22(17-7-9-20(27)10-8-17)31-32-24(15-29-25(23)32)18-3-5-19(6-4-18)26(33)30-21-11-12-21/h3-10,13,15-16,21,28H,11-12,14H2,1-2H3,(H,30,33). The van der Waals surface area contributed by atoms with Gasteiger partial charge in [0, 0.05) is 29.3 Å². The van der Waals surface area contributed by atoms with Gasteiger partial charge in [0.05, 0.1) is 23.3 Å². The molecule has 1 amide bonds. The number of halogens is 1. The van der Waals surface area contributed by atoms with Crippen LogP contribution in [-0.2, 0) is 0 Å². The van der Waals surface area contributed by atoms with E-state index in [1.807, 2.05) is 30.3 Å². The quantitative estimate of drug-likeness (QED) is 0.414. The van der Waals surface area contributed by atoms with Crippen molar-refractivity contribution in [2.75, 3.05) is 11.9 Å². The van der Waals surface area contributed by atoms with Crippen LogP contribution in [0.25, 0.3) is 28.2 Å². The van der Waals surface area contributed by atoms with E-state index < -0.39 is 0 Å². The molecule has 7 heteroatoms. The van der Waals surface area contributed by atoms with Crippen molar-refractivity contribution in [3.63, 3.8) is 0 Å². The number of imidazole rings is 1. The van der Waals surface area contributed by atoms with Gasteiger partial charge in [0.15, 0.2) is 5.65 Å². The van der Waals surface area contributed by atoms with Crippen molar-refractivity contribution in [3.8, 4) is 22.5 Å². The molecule has 0 spiro atoms. The number of carbonyl (C=O) groups excluding carboxylic acids is 1. The molecule has 6 nitrogen and oxygen atoms in total. The topological polar surface area (TPSA) is 71.3 Å². The Kier molecular flexibility index (Phi) is 5.54. The van der Waals surface area contributed by atoms with Crippen molar-refractivity contribution in [1.29, 1.82) is 0 Å². The van der Waals surface area contributed by atoms with Crippen LogP contribution in [0.2, 0.25) is 0 Å². The highest BCUT2D eigenvalue weighted by Crippen LogP contribution is 2.29. The fourth-order valence-electron chi connectivity index (χ4n) is 3.66. The Morgan fingerprint density at radius 3 is 2.45 bits per heavy atom. The van der Waals surface area contributed by atoms with Gasteiger partial charge in [-0.05, 0) is 61.2 Å². The molecule has 2 heterocycles. The summed E-state index contributed by atoms with van der Waals surface area (Å²) in [7, 11) is 0. The average Bonchev–Trinajstić information content (AvgIpc) is 3.53. The third kappa shape index (κ3) is 4.58. The highest BCUT2D eigenvalue weighted by atomic mass is 19.1. The van der Waals surface area contributed by atoms with E-state index in [2.05, 4.69) is 29.5 Å². The highest BCUT2D eigenvalue weighted by Gasteiger charge is 2.23. The molecule has 0 unspecified atom stereocenters. The summed E-state index contributed by atoms with van der Waals surface area (Å²) in [6.45, 7) is 5.07. The van der Waals surface area contributed by atoms with Crippen molar-refractivity contribution >= 4 is 17.2 Å². The molecule has 0 atom stereocenters. The molecule has 4 aromatic rings. The van der Waals surface area contributed by atoms with Crippen LogP contribution in [0.1, 0.15) is 37.0 Å². The third-order valence-electron chi connectivity index (χ3n) is 5.66. The first-order valence-electron chi connectivity index (χ1n) is 11.3. The van der Waals surface area contributed by atoms with Gasteiger partial charge in [0.2, 0.25) is 0 Å². The van der Waals surface area contributed by atoms with Crippen LogP contribution in [0.5, 0.6) is 0 Å². The van der Waals surface area contributed by atoms with Gasteiger partial charge in [0.25, 0.3) is 5.91 Å². The molecule has 0 saturated heterocycles. The van der Waals surface area contributed by atoms with Crippen molar-refractivity contribution in [2.24, 2.45) is 5.92 Å². The second-order valence-electron chi connectivity index (χ2n) is 8.93. The number of benzene rings is 2. The second-order valence-corrected chi connectivity index (χ2v) is 8.93. The Labute approximate surface area is 191 Å². The number of hydrogen-bond acceptors (Lipinski definition) is 4. The first-order valence-corrected chi connectivity index (χ1v) is 11.3. The van der Waals surface area contributed by atoms with Gasteiger partial charge < -0.3 is 10.6 Å². The van der Waals surface area contributed by atoms with Crippen molar-refractivity contribution in [3.05, 3.63) is 72.2 Å². The number of hydrogen-bond donors (Lipinski definition) is 2. The van der Waals surface area contributed by atoms with E-state index >= 15 is 0 Å². The van der Waals surface area contributed by atoms with Crippen molar-refractivity contribution in [1.82, 2.24) is 19.9 Å². The fourth-order valence-corrected chi connectivity index (χ4v) is 3.66. The SMILES string of the molecule is CC(C)CNc1cc(-c2ccc(F)cc2)nn2c(-c3ccc(C(=O)NC4CC4)cc3)cnc12. The van der Waals surface area contributed by atoms with Crippen molar-refractivity contribution in [2.45, 2.75) is 32.7 Å². The predicted octanol–water partition coefficient (Wildman–Crippen LogP) is 5.16. The summed E-state index contributed by atoms with van der Waals surface area (Å²) in [5.74, 6) is 0.127. The first kappa shape index (κ1) is 21.1. The second kappa shape index (κ2) is 8.65. The Morgan fingerprint density at radius 2 is 1.79 bits per heavy atom. The highest BCUT2D eigenvalue weighted by molar-refractivity contribution is 5.95. The summed E-state index contributed by atoms with van der Waals surface area (Å²) in [6.07, 6.45) is 3.90. The van der Waals surface area contributed by atoms with Gasteiger partial charge in [-0.15, -0.1) is 0 Å². The van der Waals surface area contributed by atoms with Crippen LogP contribution >= 0.6 is 0 Å². The minimum Gasteiger partial charge on any atom is -0.382 e. The van der Waals surface area contributed by atoms with Crippen LogP contribution in [0.4, 0.5) is 10.1 Å². The van der Waals surface area contributed by atoms with E-state index in [0.29, 0.717) is 28.9 Å². The molecule has 0 radical (unpaired) electrons. The molecule has 1 aliphatic rings. The van der Waals surface area contributed by atoms with Gasteiger partial charge in [-0.3, -0.25) is 4.79 Å². The molecule has 2 aromatic heterocycles. The lowest BCUT2D eigenvalue weighted by Gasteiger charge is -2.13. The van der Waals surface area contributed by atoms with E-state index in [1.54, 1.807) is 22.8 Å². The van der Waals surface area contributed by atoms with Gasteiger partial charge >= 0.3 is 0 Å². The van der Waals surface area contributed by atoms with E-state index in [-0.39, 0.29) is 11.7 Å². The molecule has 1 fully saturated rings. The summed E-state index contributed by atoms with van der Waals surface area (Å²) in [6, 6.07) is 16.1. The number of fused-ring (bicyclic) bond motifs is 1. The van der Waals surface area contributed by atoms with Crippen LogP contribution < -0.4 is 10.6 Å². The zero-order chi connectivity index (χ0) is 22.9. The van der Waals surface area contributed by atoms with Crippen LogP contribution in [-0.4, -0.2) is 33.1 Å². The summed E-state index contributed by atoms with van der Waals surface area (Å²) >= 11 is 0.